The van der Waals surface area contributed by atoms with E-state index in [2.05, 4.69) is 25.7 Å². The van der Waals surface area contributed by atoms with Gasteiger partial charge in [-0.15, -0.1) is 0 Å². The molecule has 0 amide bonds. The van der Waals surface area contributed by atoms with Crippen LogP contribution in [0.1, 0.15) is 32.8 Å². The molecule has 0 aromatic heterocycles. The van der Waals surface area contributed by atoms with Gasteiger partial charge in [-0.25, -0.2) is 0 Å². The van der Waals surface area contributed by atoms with Gasteiger partial charge in [0, 0.05) is 12.6 Å². The molecular weight excluding hydrogens is 200 g/mol. The maximum Gasteiger partial charge on any atom is 0.138 e. The van der Waals surface area contributed by atoms with Crippen molar-refractivity contribution in [1.82, 2.24) is 4.90 Å². The van der Waals surface area contributed by atoms with E-state index in [1.54, 1.807) is 6.07 Å². The van der Waals surface area contributed by atoms with Crippen LogP contribution in [0.15, 0.2) is 18.2 Å². The number of hydrogen-bond acceptors (Lipinski definition) is 3. The van der Waals surface area contributed by atoms with Gasteiger partial charge < -0.3 is 10.8 Å². The number of nitrogen functional groups attached to an aromatic ring is 1. The lowest BCUT2D eigenvalue weighted by Crippen LogP contribution is -2.31. The summed E-state index contributed by atoms with van der Waals surface area (Å²) in [5.74, 6) is 0.162. The molecule has 1 aromatic carbocycles. The van der Waals surface area contributed by atoms with E-state index < -0.39 is 0 Å². The van der Waals surface area contributed by atoms with Crippen molar-refractivity contribution < 1.29 is 5.11 Å². The summed E-state index contributed by atoms with van der Waals surface area (Å²) in [6.45, 7) is 8.49. The fourth-order valence-corrected chi connectivity index (χ4v) is 1.77. The Morgan fingerprint density at radius 2 is 2.06 bits per heavy atom. The Bertz CT molecular complexity index is 339. The minimum atomic E-state index is 0.162. The molecule has 90 valence electrons. The number of nitrogens with zero attached hydrogens (tertiary/aromatic N) is 1. The third-order valence-electron chi connectivity index (χ3n) is 3.10. The van der Waals surface area contributed by atoms with Crippen molar-refractivity contribution in [2.45, 2.75) is 39.8 Å². The Morgan fingerprint density at radius 1 is 1.38 bits per heavy atom. The van der Waals surface area contributed by atoms with E-state index in [-0.39, 0.29) is 5.75 Å². The van der Waals surface area contributed by atoms with Gasteiger partial charge >= 0.3 is 0 Å². The molecule has 16 heavy (non-hydrogen) atoms. The molecule has 0 aliphatic heterocycles. The highest BCUT2D eigenvalue weighted by Crippen LogP contribution is 2.21. The molecule has 3 heteroatoms. The van der Waals surface area contributed by atoms with Crippen molar-refractivity contribution >= 4 is 5.69 Å². The third kappa shape index (κ3) is 3.14. The van der Waals surface area contributed by atoms with Gasteiger partial charge in [0.15, 0.2) is 0 Å². The zero-order chi connectivity index (χ0) is 12.1. The molecule has 0 spiro atoms. The Balaban J connectivity index is 2.74. The van der Waals surface area contributed by atoms with Crippen LogP contribution in [0.25, 0.3) is 0 Å². The molecule has 0 bridgehead atoms. The first kappa shape index (κ1) is 12.8. The predicted octanol–water partition coefficient (Wildman–Crippen LogP) is 2.59. The third-order valence-corrected chi connectivity index (χ3v) is 3.10. The van der Waals surface area contributed by atoms with Crippen LogP contribution in [0.4, 0.5) is 5.69 Å². The second-order valence-corrected chi connectivity index (χ2v) is 4.21. The summed E-state index contributed by atoms with van der Waals surface area (Å²) in [6, 6.07) is 6.01. The highest BCUT2D eigenvalue weighted by atomic mass is 16.3. The van der Waals surface area contributed by atoms with Crippen LogP contribution in [0.3, 0.4) is 0 Å². The molecule has 0 saturated heterocycles. The van der Waals surface area contributed by atoms with Crippen molar-refractivity contribution in [2.75, 3.05) is 12.3 Å². The quantitative estimate of drug-likeness (QED) is 0.594. The molecule has 1 rings (SSSR count). The number of phenols is 1. The minimum Gasteiger partial charge on any atom is -0.506 e. The number of phenolic OH excluding ortho intramolecular Hbond substituents is 1. The molecule has 0 saturated carbocycles. The predicted molar refractivity (Wildman–Crippen MR) is 68.4 cm³/mol. The lowest BCUT2D eigenvalue weighted by atomic mass is 10.1. The van der Waals surface area contributed by atoms with Crippen LogP contribution < -0.4 is 5.73 Å². The lowest BCUT2D eigenvalue weighted by molar-refractivity contribution is 0.206. The van der Waals surface area contributed by atoms with Crippen molar-refractivity contribution in [3.63, 3.8) is 0 Å². The summed E-state index contributed by atoms with van der Waals surface area (Å²) in [6.07, 6.45) is 1.14. The van der Waals surface area contributed by atoms with E-state index in [9.17, 15) is 5.11 Å². The standard InChI is InChI=1S/C13H22N2O/c1-4-10(3)15(5-2)9-11-6-7-13(16)12(14)8-11/h6-8,10,16H,4-5,9,14H2,1-3H3. The number of aromatic hydroxyl groups is 1. The average Bonchev–Trinajstić information content (AvgIpc) is 2.29. The van der Waals surface area contributed by atoms with Gasteiger partial charge in [-0.05, 0) is 37.6 Å². The number of anilines is 1. The van der Waals surface area contributed by atoms with E-state index in [1.807, 2.05) is 12.1 Å². The smallest absolute Gasteiger partial charge is 0.138 e. The van der Waals surface area contributed by atoms with Crippen LogP contribution in [0.2, 0.25) is 0 Å². The molecule has 0 aliphatic carbocycles. The summed E-state index contributed by atoms with van der Waals surface area (Å²) in [7, 11) is 0. The van der Waals surface area contributed by atoms with E-state index >= 15 is 0 Å². The number of rotatable bonds is 5. The fourth-order valence-electron chi connectivity index (χ4n) is 1.77. The van der Waals surface area contributed by atoms with E-state index in [1.165, 1.54) is 0 Å². The summed E-state index contributed by atoms with van der Waals surface area (Å²) < 4.78 is 0. The SMILES string of the molecule is CCC(C)N(CC)Cc1ccc(O)c(N)c1. The van der Waals surface area contributed by atoms with Crippen LogP contribution >= 0.6 is 0 Å². The molecule has 0 heterocycles. The topological polar surface area (TPSA) is 49.5 Å². The molecule has 1 aromatic rings. The largest absolute Gasteiger partial charge is 0.506 e. The van der Waals surface area contributed by atoms with Crippen LogP contribution in [0.5, 0.6) is 5.75 Å². The average molecular weight is 222 g/mol. The zero-order valence-corrected chi connectivity index (χ0v) is 10.4. The normalized spacial score (nSPS) is 13.0. The van der Waals surface area contributed by atoms with E-state index in [0.717, 1.165) is 25.1 Å². The minimum absolute atomic E-state index is 0.162. The molecule has 0 aliphatic rings. The Morgan fingerprint density at radius 3 is 2.56 bits per heavy atom. The first-order chi connectivity index (χ1) is 7.58. The lowest BCUT2D eigenvalue weighted by Gasteiger charge is -2.27. The molecule has 0 fully saturated rings. The molecule has 1 atom stereocenters. The van der Waals surface area contributed by atoms with E-state index in [4.69, 9.17) is 5.73 Å². The Kier molecular flexibility index (Phi) is 4.62. The molecule has 3 N–H and O–H groups in total. The fraction of sp³-hybridized carbons (Fsp3) is 0.538. The summed E-state index contributed by atoms with van der Waals surface area (Å²) in [5.41, 5.74) is 7.28. The molecule has 1 unspecified atom stereocenters. The number of nitrogens with two attached hydrogens (primary N) is 1. The van der Waals surface area contributed by atoms with Gasteiger partial charge in [-0.1, -0.05) is 19.9 Å². The van der Waals surface area contributed by atoms with Gasteiger partial charge in [-0.3, -0.25) is 4.90 Å². The number of hydrogen-bond donors (Lipinski definition) is 2. The maximum absolute atomic E-state index is 9.35. The summed E-state index contributed by atoms with van der Waals surface area (Å²) in [5, 5.41) is 9.35. The monoisotopic (exact) mass is 222 g/mol. The Hall–Kier alpha value is -1.22. The van der Waals surface area contributed by atoms with Gasteiger partial charge in [-0.2, -0.15) is 0 Å². The highest BCUT2D eigenvalue weighted by molar-refractivity contribution is 5.53. The van der Waals surface area contributed by atoms with Gasteiger partial charge in [0.25, 0.3) is 0 Å². The summed E-state index contributed by atoms with van der Waals surface area (Å²) >= 11 is 0. The molecule has 0 radical (unpaired) electrons. The maximum atomic E-state index is 9.35. The van der Waals surface area contributed by atoms with Gasteiger partial charge in [0.05, 0.1) is 5.69 Å². The number of benzene rings is 1. The van der Waals surface area contributed by atoms with Crippen LogP contribution in [-0.4, -0.2) is 22.6 Å². The second kappa shape index (κ2) is 5.75. The van der Waals surface area contributed by atoms with Crippen LogP contribution in [-0.2, 0) is 6.54 Å². The van der Waals surface area contributed by atoms with Gasteiger partial charge in [0.2, 0.25) is 0 Å². The van der Waals surface area contributed by atoms with Crippen molar-refractivity contribution in [1.29, 1.82) is 0 Å². The molecule has 3 nitrogen and oxygen atoms in total. The Labute approximate surface area is 97.9 Å². The molecular formula is C13H22N2O. The van der Waals surface area contributed by atoms with Gasteiger partial charge in [0.1, 0.15) is 5.75 Å². The van der Waals surface area contributed by atoms with E-state index in [0.29, 0.717) is 11.7 Å². The first-order valence-electron chi connectivity index (χ1n) is 5.89. The van der Waals surface area contributed by atoms with Crippen molar-refractivity contribution in [3.8, 4) is 5.75 Å². The zero-order valence-electron chi connectivity index (χ0n) is 10.4. The second-order valence-electron chi connectivity index (χ2n) is 4.21. The highest BCUT2D eigenvalue weighted by Gasteiger charge is 2.10. The summed E-state index contributed by atoms with van der Waals surface area (Å²) in [4.78, 5) is 2.39. The van der Waals surface area contributed by atoms with Crippen LogP contribution in [0, 0.1) is 0 Å². The van der Waals surface area contributed by atoms with Crippen molar-refractivity contribution in [2.24, 2.45) is 0 Å². The first-order valence-corrected chi connectivity index (χ1v) is 5.89. The van der Waals surface area contributed by atoms with Crippen molar-refractivity contribution in [3.05, 3.63) is 23.8 Å².